The highest BCUT2D eigenvalue weighted by Gasteiger charge is 2.85. The minimum absolute atomic E-state index is 0.249. The predicted molar refractivity (Wildman–Crippen MR) is 229 cm³/mol. The Morgan fingerprint density at radius 2 is 1.35 bits per heavy atom. The molecule has 0 amide bonds. The molecule has 5 atom stereocenters. The first kappa shape index (κ1) is 53.5. The van der Waals surface area contributed by atoms with Crippen LogP contribution in [0.3, 0.4) is 0 Å². The molecule has 17 heteroatoms. The molecule has 3 aliphatic carbocycles. The van der Waals surface area contributed by atoms with Crippen molar-refractivity contribution in [2.24, 2.45) is 23.2 Å². The summed E-state index contributed by atoms with van der Waals surface area (Å²) in [7, 11) is 9.67. The molecule has 0 aromatic heterocycles. The maximum atomic E-state index is 13.2. The second-order valence-corrected chi connectivity index (χ2v) is 20.5. The number of unbranched alkanes of at least 4 members (excludes halogenated alkanes) is 6. The van der Waals surface area contributed by atoms with Crippen molar-refractivity contribution in [2.75, 3.05) is 78.9 Å². The van der Waals surface area contributed by atoms with Crippen molar-refractivity contribution in [1.82, 2.24) is 4.90 Å². The van der Waals surface area contributed by atoms with Crippen LogP contribution >= 0.6 is 21.6 Å². The molecule has 1 aromatic rings. The number of aryl methyl sites for hydroxylation is 1. The van der Waals surface area contributed by atoms with Gasteiger partial charge < -0.3 is 28.6 Å². The minimum Gasteiger partial charge on any atom is -0.492 e. The zero-order valence-electron chi connectivity index (χ0n) is 37.0. The standard InChI is InChI=1S/C45H70F9NO5S2/c1-41-22-21-37-36-18-16-35(58-27-24-55(2)23-10-6-8-12-29-62-61-28-11-7-5-9-14-33(31-56-3)32-57-4)30-34(36)15-17-38(37)39(41)19-20-40(41)59-25-13-26-60-42(43(46,47)48,44(49,50)51)45(52,53)54/h16,18,30,33,37-40H,5-15,17,19-29,31-32H2,1-4H3. The molecule has 0 radical (unpaired) electrons. The van der Waals surface area contributed by atoms with Gasteiger partial charge in [-0.2, -0.15) is 39.5 Å². The first-order valence-corrected chi connectivity index (χ1v) is 25.0. The van der Waals surface area contributed by atoms with Gasteiger partial charge in [-0.25, -0.2) is 0 Å². The van der Waals surface area contributed by atoms with Gasteiger partial charge in [0, 0.05) is 44.8 Å². The molecular formula is C45H70F9NO5S2. The second-order valence-electron chi connectivity index (χ2n) is 17.8. The van der Waals surface area contributed by atoms with Crippen LogP contribution in [0.4, 0.5) is 39.5 Å². The quantitative estimate of drug-likeness (QED) is 0.0447. The number of ether oxygens (including phenoxy) is 5. The third-order valence-electron chi connectivity index (χ3n) is 13.5. The number of alkyl halides is 9. The molecule has 0 saturated heterocycles. The van der Waals surface area contributed by atoms with E-state index in [0.717, 1.165) is 64.2 Å². The molecule has 2 fully saturated rings. The average molecular weight is 940 g/mol. The third kappa shape index (κ3) is 14.4. The molecule has 0 heterocycles. The lowest BCUT2D eigenvalue weighted by atomic mass is 9.55. The van der Waals surface area contributed by atoms with Crippen LogP contribution in [0.25, 0.3) is 0 Å². The topological polar surface area (TPSA) is 49.4 Å². The summed E-state index contributed by atoms with van der Waals surface area (Å²) in [6, 6.07) is 6.43. The Morgan fingerprint density at radius 1 is 0.726 bits per heavy atom. The van der Waals surface area contributed by atoms with E-state index in [1.807, 2.05) is 21.6 Å². The van der Waals surface area contributed by atoms with E-state index in [2.05, 4.69) is 41.8 Å². The summed E-state index contributed by atoms with van der Waals surface area (Å²) in [5.41, 5.74) is -3.86. The van der Waals surface area contributed by atoms with Gasteiger partial charge in [-0.1, -0.05) is 66.7 Å². The number of nitrogens with zero attached hydrogens (tertiary/aromatic N) is 1. The Kier molecular flexibility index (Phi) is 21.7. The first-order chi connectivity index (χ1) is 29.4. The summed E-state index contributed by atoms with van der Waals surface area (Å²) in [6.45, 7) is 4.47. The fourth-order valence-electron chi connectivity index (χ4n) is 10.2. The largest absolute Gasteiger partial charge is 0.492 e. The maximum Gasteiger partial charge on any atom is 0.435 e. The summed E-state index contributed by atoms with van der Waals surface area (Å²) in [5, 5.41) is 0. The van der Waals surface area contributed by atoms with E-state index in [9.17, 15) is 39.5 Å². The number of halogens is 9. The normalized spacial score (nSPS) is 23.2. The van der Waals surface area contributed by atoms with E-state index in [4.69, 9.17) is 18.9 Å². The van der Waals surface area contributed by atoms with Gasteiger partial charge in [-0.15, -0.1) is 0 Å². The molecule has 0 bridgehead atoms. The molecule has 1 aromatic carbocycles. The van der Waals surface area contributed by atoms with Crippen molar-refractivity contribution < 1.29 is 63.2 Å². The number of likely N-dealkylation sites (N-methyl/N-ethyl adjacent to an activating group) is 1. The smallest absolute Gasteiger partial charge is 0.435 e. The lowest BCUT2D eigenvalue weighted by molar-refractivity contribution is -0.457. The van der Waals surface area contributed by atoms with Crippen LogP contribution in [0.1, 0.15) is 120 Å². The Balaban J connectivity index is 1.08. The summed E-state index contributed by atoms with van der Waals surface area (Å²) < 4.78 is 145. The highest BCUT2D eigenvalue weighted by molar-refractivity contribution is 8.76. The zero-order valence-corrected chi connectivity index (χ0v) is 38.6. The number of methoxy groups -OCH3 is 2. The maximum absolute atomic E-state index is 13.2. The summed E-state index contributed by atoms with van der Waals surface area (Å²) in [4.78, 5) is 2.33. The molecule has 3 aliphatic rings. The molecule has 360 valence electrons. The Bertz CT molecular complexity index is 1400. The van der Waals surface area contributed by atoms with E-state index in [1.165, 1.54) is 80.4 Å². The molecule has 0 spiro atoms. The predicted octanol–water partition coefficient (Wildman–Crippen LogP) is 12.9. The van der Waals surface area contributed by atoms with Crippen LogP contribution in [0.5, 0.6) is 5.75 Å². The monoisotopic (exact) mass is 939 g/mol. The van der Waals surface area contributed by atoms with Gasteiger partial charge in [-0.05, 0) is 131 Å². The van der Waals surface area contributed by atoms with E-state index in [0.29, 0.717) is 36.7 Å². The number of hydrogen-bond donors (Lipinski definition) is 0. The Labute approximate surface area is 371 Å². The molecular weight excluding hydrogens is 870 g/mol. The highest BCUT2D eigenvalue weighted by Crippen LogP contribution is 2.62. The number of hydrogen-bond acceptors (Lipinski definition) is 8. The highest BCUT2D eigenvalue weighted by atomic mass is 33.1. The van der Waals surface area contributed by atoms with Gasteiger partial charge in [0.1, 0.15) is 12.4 Å². The summed E-state index contributed by atoms with van der Waals surface area (Å²) in [5.74, 6) is 4.90. The fraction of sp³-hybridized carbons (Fsp3) is 0.867. The summed E-state index contributed by atoms with van der Waals surface area (Å²) >= 11 is 0. The SMILES string of the molecule is COCC(CCCCCCSSCCCCCCN(C)CCOc1ccc2c(c1)CCC1C2CCC2(C)C(OCCCOC(C(F)(F)F)(C(F)(F)F)C(F)(F)F)CCC12)COC. The van der Waals surface area contributed by atoms with E-state index < -0.39 is 37.2 Å². The molecule has 5 unspecified atom stereocenters. The zero-order chi connectivity index (χ0) is 45.4. The van der Waals surface area contributed by atoms with Crippen molar-refractivity contribution >= 4 is 21.6 Å². The van der Waals surface area contributed by atoms with Gasteiger partial charge in [-0.3, -0.25) is 0 Å². The Morgan fingerprint density at radius 3 is 1.98 bits per heavy atom. The number of rotatable bonds is 29. The molecule has 2 saturated carbocycles. The molecule has 4 rings (SSSR count). The van der Waals surface area contributed by atoms with Crippen molar-refractivity contribution in [3.63, 3.8) is 0 Å². The van der Waals surface area contributed by atoms with Crippen LogP contribution in [-0.2, 0) is 25.4 Å². The Hall–Kier alpha value is -1.11. The molecule has 62 heavy (non-hydrogen) atoms. The van der Waals surface area contributed by atoms with Crippen molar-refractivity contribution in [1.29, 1.82) is 0 Å². The minimum atomic E-state index is -6.74. The third-order valence-corrected chi connectivity index (χ3v) is 16.0. The lowest BCUT2D eigenvalue weighted by Gasteiger charge is -2.50. The summed E-state index contributed by atoms with van der Waals surface area (Å²) in [6.07, 6.45) is -4.67. The molecule has 0 N–H and O–H groups in total. The van der Waals surface area contributed by atoms with Crippen LogP contribution in [0, 0.1) is 23.2 Å². The van der Waals surface area contributed by atoms with E-state index in [1.54, 1.807) is 14.2 Å². The van der Waals surface area contributed by atoms with E-state index >= 15 is 0 Å². The van der Waals surface area contributed by atoms with Gasteiger partial charge in [0.15, 0.2) is 0 Å². The van der Waals surface area contributed by atoms with Crippen LogP contribution < -0.4 is 4.74 Å². The fourth-order valence-corrected chi connectivity index (χ4v) is 12.5. The van der Waals surface area contributed by atoms with E-state index in [-0.39, 0.29) is 18.1 Å². The van der Waals surface area contributed by atoms with Gasteiger partial charge in [0.25, 0.3) is 0 Å². The van der Waals surface area contributed by atoms with Crippen LogP contribution in [-0.4, -0.2) is 114 Å². The van der Waals surface area contributed by atoms with Gasteiger partial charge >= 0.3 is 24.1 Å². The van der Waals surface area contributed by atoms with Crippen LogP contribution in [0.2, 0.25) is 0 Å². The van der Waals surface area contributed by atoms with Crippen molar-refractivity contribution in [3.8, 4) is 5.75 Å². The van der Waals surface area contributed by atoms with Gasteiger partial charge in [0.05, 0.1) is 25.9 Å². The molecule has 0 aliphatic heterocycles. The lowest BCUT2D eigenvalue weighted by Crippen LogP contribution is -2.67. The second kappa shape index (κ2) is 25.1. The van der Waals surface area contributed by atoms with Crippen molar-refractivity contribution in [3.05, 3.63) is 29.3 Å². The molecule has 6 nitrogen and oxygen atoms in total. The first-order valence-electron chi connectivity index (χ1n) is 22.5. The van der Waals surface area contributed by atoms with Crippen LogP contribution in [0.15, 0.2) is 18.2 Å². The number of benzene rings is 1. The number of fused-ring (bicyclic) bond motifs is 5. The van der Waals surface area contributed by atoms with Gasteiger partial charge in [0.2, 0.25) is 0 Å². The average Bonchev–Trinajstić information content (AvgIpc) is 3.53. The van der Waals surface area contributed by atoms with Crippen molar-refractivity contribution in [2.45, 2.75) is 146 Å².